The van der Waals surface area contributed by atoms with Gasteiger partial charge in [-0.3, -0.25) is 9.59 Å². The molecule has 4 rings (SSSR count). The third-order valence-electron chi connectivity index (χ3n) is 5.10. The largest absolute Gasteiger partial charge is 0.451 e. The van der Waals surface area contributed by atoms with Crippen molar-refractivity contribution in [2.24, 2.45) is 5.92 Å². The Morgan fingerprint density at radius 3 is 2.88 bits per heavy atom. The maximum atomic E-state index is 12.5. The number of fused-ring (bicyclic) bond motifs is 2. The van der Waals surface area contributed by atoms with E-state index in [2.05, 4.69) is 15.5 Å². The molecule has 3 unspecified atom stereocenters. The third-order valence-corrected chi connectivity index (χ3v) is 5.10. The number of carbonyl (C=O) groups excluding carboxylic acids is 2. The van der Waals surface area contributed by atoms with E-state index < -0.39 is 0 Å². The fourth-order valence-electron chi connectivity index (χ4n) is 3.99. The van der Waals surface area contributed by atoms with Crippen molar-refractivity contribution >= 4 is 17.5 Å². The highest BCUT2D eigenvalue weighted by atomic mass is 16.3. The molecule has 26 heavy (non-hydrogen) atoms. The van der Waals surface area contributed by atoms with Gasteiger partial charge in [-0.2, -0.15) is 0 Å². The molecule has 3 heterocycles. The highest BCUT2D eigenvalue weighted by Gasteiger charge is 2.33. The molecule has 0 saturated carbocycles. The lowest BCUT2D eigenvalue weighted by Gasteiger charge is -2.30. The lowest BCUT2D eigenvalue weighted by molar-refractivity contribution is -0.114. The number of hydrogen-bond donors (Lipinski definition) is 2. The van der Waals surface area contributed by atoms with Gasteiger partial charge < -0.3 is 20.0 Å². The van der Waals surface area contributed by atoms with Gasteiger partial charge in [0.05, 0.1) is 0 Å². The molecule has 2 aliphatic heterocycles. The topological polar surface area (TPSA) is 74.6 Å². The van der Waals surface area contributed by atoms with Gasteiger partial charge in [0.1, 0.15) is 5.76 Å². The zero-order valence-electron chi connectivity index (χ0n) is 14.8. The molecule has 6 nitrogen and oxygen atoms in total. The summed E-state index contributed by atoms with van der Waals surface area (Å²) in [5, 5.41) is 5.86. The van der Waals surface area contributed by atoms with Crippen LogP contribution >= 0.6 is 0 Å². The molecule has 2 saturated heterocycles. The number of furan rings is 1. The molecule has 0 aliphatic carbocycles. The first kappa shape index (κ1) is 16.8. The number of rotatable bonds is 4. The first-order valence-electron chi connectivity index (χ1n) is 9.08. The molecule has 6 heteroatoms. The zero-order chi connectivity index (χ0) is 18.1. The van der Waals surface area contributed by atoms with Crippen LogP contribution in [0.2, 0.25) is 0 Å². The first-order chi connectivity index (χ1) is 12.6. The van der Waals surface area contributed by atoms with Crippen molar-refractivity contribution in [1.29, 1.82) is 0 Å². The Labute approximate surface area is 152 Å². The molecule has 2 fully saturated rings. The second kappa shape index (κ2) is 6.96. The average molecular weight is 353 g/mol. The maximum Gasteiger partial charge on any atom is 0.287 e. The van der Waals surface area contributed by atoms with Crippen LogP contribution in [0.3, 0.4) is 0 Å². The molecule has 2 amide bonds. The van der Waals surface area contributed by atoms with Crippen LogP contribution in [-0.4, -0.2) is 42.4 Å². The van der Waals surface area contributed by atoms with Crippen LogP contribution in [0.4, 0.5) is 5.69 Å². The molecule has 0 radical (unpaired) electrons. The van der Waals surface area contributed by atoms with Gasteiger partial charge in [-0.05, 0) is 49.6 Å². The van der Waals surface area contributed by atoms with Crippen molar-refractivity contribution in [3.05, 3.63) is 42.2 Å². The van der Waals surface area contributed by atoms with Crippen molar-refractivity contribution in [3.63, 3.8) is 0 Å². The Balaban J connectivity index is 1.44. The monoisotopic (exact) mass is 353 g/mol. The van der Waals surface area contributed by atoms with Crippen LogP contribution in [0, 0.1) is 5.92 Å². The van der Waals surface area contributed by atoms with Gasteiger partial charge >= 0.3 is 0 Å². The van der Waals surface area contributed by atoms with Gasteiger partial charge in [0.2, 0.25) is 5.91 Å². The number of anilines is 1. The van der Waals surface area contributed by atoms with E-state index in [0.29, 0.717) is 23.1 Å². The summed E-state index contributed by atoms with van der Waals surface area (Å²) in [6.45, 7) is 4.71. The maximum absolute atomic E-state index is 12.5. The predicted octanol–water partition coefficient (Wildman–Crippen LogP) is 2.73. The van der Waals surface area contributed by atoms with Gasteiger partial charge in [0.15, 0.2) is 5.76 Å². The first-order valence-corrected chi connectivity index (χ1v) is 9.08. The molecule has 136 valence electrons. The normalized spacial score (nSPS) is 24.3. The van der Waals surface area contributed by atoms with E-state index in [1.165, 1.54) is 19.9 Å². The summed E-state index contributed by atoms with van der Waals surface area (Å²) >= 11 is 0. The minimum Gasteiger partial charge on any atom is -0.451 e. The summed E-state index contributed by atoms with van der Waals surface area (Å²) in [7, 11) is 0. The number of piperidine rings is 1. The van der Waals surface area contributed by atoms with Crippen molar-refractivity contribution < 1.29 is 14.0 Å². The van der Waals surface area contributed by atoms with E-state index in [-0.39, 0.29) is 17.9 Å². The number of carbonyl (C=O) groups is 2. The van der Waals surface area contributed by atoms with Crippen LogP contribution in [-0.2, 0) is 4.79 Å². The van der Waals surface area contributed by atoms with Crippen molar-refractivity contribution in [2.45, 2.75) is 25.8 Å². The smallest absolute Gasteiger partial charge is 0.287 e. The van der Waals surface area contributed by atoms with Crippen molar-refractivity contribution in [3.8, 4) is 11.3 Å². The zero-order valence-corrected chi connectivity index (χ0v) is 14.8. The standard InChI is InChI=1S/C20H23N3O3/c1-13(24)21-16-4-2-3-15(10-16)18-5-6-19(26-18)20(25)22-17-9-14-7-8-23(11-14)12-17/h2-6,10,14,17H,7-9,11-12H2,1H3,(H,21,24)(H,22,25). The predicted molar refractivity (Wildman–Crippen MR) is 98.9 cm³/mol. The Morgan fingerprint density at radius 1 is 1.19 bits per heavy atom. The Kier molecular flexibility index (Phi) is 4.51. The summed E-state index contributed by atoms with van der Waals surface area (Å²) in [4.78, 5) is 26.1. The minimum absolute atomic E-state index is 0.126. The number of benzene rings is 1. The fraction of sp³-hybridized carbons (Fsp3) is 0.400. The SMILES string of the molecule is CC(=O)Nc1cccc(-c2ccc(C(=O)NC3CC4CCN(C4)C3)o2)c1. The van der Waals surface area contributed by atoms with Crippen LogP contribution in [0.15, 0.2) is 40.8 Å². The second-order valence-corrected chi connectivity index (χ2v) is 7.25. The summed E-state index contributed by atoms with van der Waals surface area (Å²) in [6, 6.07) is 11.1. The fourth-order valence-corrected chi connectivity index (χ4v) is 3.99. The molecule has 2 N–H and O–H groups in total. The van der Waals surface area contributed by atoms with Gasteiger partial charge in [0, 0.05) is 37.3 Å². The number of hydrogen-bond acceptors (Lipinski definition) is 4. The van der Waals surface area contributed by atoms with E-state index in [1.807, 2.05) is 24.3 Å². The lowest BCUT2D eigenvalue weighted by Crippen LogP contribution is -2.46. The molecular weight excluding hydrogens is 330 g/mol. The molecular formula is C20H23N3O3. The Hall–Kier alpha value is -2.60. The van der Waals surface area contributed by atoms with Crippen LogP contribution in [0.5, 0.6) is 0 Å². The number of nitrogens with zero attached hydrogens (tertiary/aromatic N) is 1. The van der Waals surface area contributed by atoms with Crippen molar-refractivity contribution in [2.75, 3.05) is 25.0 Å². The van der Waals surface area contributed by atoms with E-state index in [9.17, 15) is 9.59 Å². The Bertz CT molecular complexity index is 817. The molecule has 2 aliphatic rings. The average Bonchev–Trinajstić information content (AvgIpc) is 3.21. The molecule has 2 bridgehead atoms. The summed E-state index contributed by atoms with van der Waals surface area (Å²) in [6.07, 6.45) is 2.29. The van der Waals surface area contributed by atoms with Crippen LogP contribution in [0.1, 0.15) is 30.3 Å². The van der Waals surface area contributed by atoms with E-state index in [4.69, 9.17) is 4.42 Å². The van der Waals surface area contributed by atoms with E-state index in [1.54, 1.807) is 12.1 Å². The Morgan fingerprint density at radius 2 is 2.08 bits per heavy atom. The van der Waals surface area contributed by atoms with Crippen LogP contribution in [0.25, 0.3) is 11.3 Å². The molecule has 2 aromatic rings. The molecule has 0 spiro atoms. The van der Waals surface area contributed by atoms with Gasteiger partial charge in [-0.1, -0.05) is 12.1 Å². The molecule has 1 aromatic carbocycles. The third kappa shape index (κ3) is 3.65. The summed E-state index contributed by atoms with van der Waals surface area (Å²) < 4.78 is 5.76. The second-order valence-electron chi connectivity index (χ2n) is 7.25. The lowest BCUT2D eigenvalue weighted by atomic mass is 9.97. The van der Waals surface area contributed by atoms with Gasteiger partial charge in [0.25, 0.3) is 5.91 Å². The summed E-state index contributed by atoms with van der Waals surface area (Å²) in [5.41, 5.74) is 1.52. The number of nitrogens with one attached hydrogen (secondary N) is 2. The molecule has 3 atom stereocenters. The molecule has 1 aromatic heterocycles. The van der Waals surface area contributed by atoms with Crippen molar-refractivity contribution in [1.82, 2.24) is 10.2 Å². The van der Waals surface area contributed by atoms with Gasteiger partial charge in [-0.25, -0.2) is 0 Å². The summed E-state index contributed by atoms with van der Waals surface area (Å²) in [5.74, 6) is 1.34. The van der Waals surface area contributed by atoms with E-state index >= 15 is 0 Å². The quantitative estimate of drug-likeness (QED) is 0.886. The van der Waals surface area contributed by atoms with Gasteiger partial charge in [-0.15, -0.1) is 0 Å². The van der Waals surface area contributed by atoms with E-state index in [0.717, 1.165) is 25.1 Å². The highest BCUT2D eigenvalue weighted by molar-refractivity contribution is 5.92. The number of amides is 2. The minimum atomic E-state index is -0.165. The van der Waals surface area contributed by atoms with Crippen LogP contribution < -0.4 is 10.6 Å². The highest BCUT2D eigenvalue weighted by Crippen LogP contribution is 2.28.